The van der Waals surface area contributed by atoms with Crippen LogP contribution in [0.3, 0.4) is 0 Å². The number of aliphatic hydroxyl groups is 5. The van der Waals surface area contributed by atoms with E-state index in [9.17, 15) is 82.5 Å². The van der Waals surface area contributed by atoms with Crippen LogP contribution in [-0.2, 0) is 68.9 Å². The predicted octanol–water partition coefficient (Wildman–Crippen LogP) is -6.34. The Morgan fingerprint density at radius 1 is 0.523 bits per heavy atom. The summed E-state index contributed by atoms with van der Waals surface area (Å²) < 4.78 is 115. The molecule has 44 nitrogen and oxygen atoms in total. The van der Waals surface area contributed by atoms with Gasteiger partial charge in [0.05, 0.1) is 32.5 Å². The molecule has 0 radical (unpaired) electrons. The number of fused-ring (bicyclic) bond motifs is 2. The molecule has 4 aliphatic heterocycles. The molecule has 20 atom stereocenters. The number of phosphoric ester groups is 3. The molecule has 0 saturated carbocycles. The minimum Gasteiger partial charge on any atom is -0.387 e. The Labute approximate surface area is 475 Å². The third-order valence-corrected chi connectivity index (χ3v) is 16.6. The number of nitrogens with zero attached hydrogens (tertiary/aromatic N) is 10. The number of hydrogen-bond acceptors (Lipinski definition) is 34. The summed E-state index contributed by atoms with van der Waals surface area (Å²) in [5.41, 5.74) is 17.7. The standard InChI is InChI=1S/C38H48N16O28P4/c39-15-1-3-51(37(62)45-15)32-21(57)25(81-84(66,67)73-6-11-19(55)20(56)31(76-11)53-9-43-17-27(53)47-35(41)49-29(17)60)13(78-32)8-75-86(70,71)82-26-14(79-33(22(26)58)52-4-2-16(40)46-38(52)63)7-74-85(68,69)80-24-12(5-72-83(64)65)77-34(23(24)59)54-10-44-18-28(54)48-36(42)50-30(18)61/h1-4,9-14,19-26,31-34,55-59H,5-8H2,(H13-,39,40,41,42,45,46,47,48,49,50,60,61,62,63,64,65,66,67,68,69,70,71)/p+1/t11-,12-,13-,14-,19-,20-,21-,22-,23-,24-,25-,26-,31-,32-,33-,34-/m1/s1. The predicted molar refractivity (Wildman–Crippen MR) is 274 cm³/mol. The van der Waals surface area contributed by atoms with Crippen molar-refractivity contribution in [2.45, 2.75) is 98.2 Å². The lowest BCUT2D eigenvalue weighted by molar-refractivity contribution is -0.0649. The molecule has 4 aliphatic rings. The first-order valence-corrected chi connectivity index (χ1v) is 30.0. The first-order valence-electron chi connectivity index (χ1n) is 24.4. The van der Waals surface area contributed by atoms with E-state index in [2.05, 4.69) is 39.9 Å². The summed E-state index contributed by atoms with van der Waals surface area (Å²) in [7, 11) is -20.4. The van der Waals surface area contributed by atoms with Gasteiger partial charge in [0, 0.05) is 17.0 Å². The van der Waals surface area contributed by atoms with E-state index in [1.54, 1.807) is 0 Å². The van der Waals surface area contributed by atoms with E-state index < -0.39 is 185 Å². The smallest absolute Gasteiger partial charge is 0.387 e. The average Bonchev–Trinajstić information content (AvgIpc) is 2.34. The maximum Gasteiger partial charge on any atom is 0.694 e. The van der Waals surface area contributed by atoms with Gasteiger partial charge in [-0.25, -0.2) is 33.3 Å². The molecule has 468 valence electrons. The van der Waals surface area contributed by atoms with Crippen molar-refractivity contribution in [2.75, 3.05) is 49.4 Å². The molecule has 48 heteroatoms. The van der Waals surface area contributed by atoms with Gasteiger partial charge in [0.2, 0.25) is 11.9 Å². The summed E-state index contributed by atoms with van der Waals surface area (Å²) in [4.78, 5) is 121. The zero-order valence-corrected chi connectivity index (χ0v) is 46.5. The second kappa shape index (κ2) is 24.3. The van der Waals surface area contributed by atoms with Crippen LogP contribution in [0.1, 0.15) is 24.9 Å². The van der Waals surface area contributed by atoms with Crippen LogP contribution in [0.2, 0.25) is 0 Å². The van der Waals surface area contributed by atoms with Crippen LogP contribution in [0, 0.1) is 0 Å². The number of rotatable bonds is 22. The molecule has 0 aromatic carbocycles. The topological polar surface area (TPSA) is 653 Å². The highest BCUT2D eigenvalue weighted by molar-refractivity contribution is 7.48. The van der Waals surface area contributed by atoms with Crippen molar-refractivity contribution in [3.8, 4) is 0 Å². The first-order chi connectivity index (χ1) is 40.5. The lowest BCUT2D eigenvalue weighted by atomic mass is 10.1. The lowest BCUT2D eigenvalue weighted by Gasteiger charge is -2.26. The largest absolute Gasteiger partial charge is 0.694 e. The number of aromatic amines is 2. The van der Waals surface area contributed by atoms with Crippen molar-refractivity contribution in [3.63, 3.8) is 0 Å². The number of anilines is 4. The summed E-state index contributed by atoms with van der Waals surface area (Å²) in [6.07, 6.45) is -27.2. The van der Waals surface area contributed by atoms with Crippen LogP contribution < -0.4 is 45.4 Å². The summed E-state index contributed by atoms with van der Waals surface area (Å²) in [6, 6.07) is 2.15. The van der Waals surface area contributed by atoms with Crippen molar-refractivity contribution in [3.05, 3.63) is 78.9 Å². The molecule has 6 aromatic heterocycles. The van der Waals surface area contributed by atoms with E-state index >= 15 is 0 Å². The number of imidazole rings is 2. The Bertz CT molecular complexity index is 3940. The fraction of sp³-hybridized carbons (Fsp3) is 0.526. The highest BCUT2D eigenvalue weighted by Crippen LogP contribution is 2.54. The first kappa shape index (κ1) is 62.7. The fourth-order valence-electron chi connectivity index (χ4n) is 9.43. The van der Waals surface area contributed by atoms with Crippen LogP contribution in [0.25, 0.3) is 22.3 Å². The van der Waals surface area contributed by atoms with Crippen molar-refractivity contribution in [1.82, 2.24) is 58.1 Å². The molecule has 0 amide bonds. The van der Waals surface area contributed by atoms with E-state index in [0.29, 0.717) is 9.13 Å². The maximum absolute atomic E-state index is 14.0. The molecule has 4 fully saturated rings. The SMILES string of the molecule is Nc1ccn([C@@H]2O[C@H](COP(=O)(O)O[C@H]3[C@@H](O)[C@H](n4ccc(N)nc4=O)O[C@@H]3COP(=O)(O)O[C@H]3[C@@H](O)[C@H](n4cnc5c(=O)[nH]c(N)nc54)O[C@@H]3CO[P+](=O)O)[C@@H](OP(=O)(O)OC[C@H]3O[C@@H](n4cnc5c(=O)[nH]c(N)nc54)[C@H](O)[C@@H]3O)[C@H]2O)c(=O)n1. The summed E-state index contributed by atoms with van der Waals surface area (Å²) in [5.74, 6) is -1.35. The molecule has 0 bridgehead atoms. The van der Waals surface area contributed by atoms with Crippen molar-refractivity contribution in [2.24, 2.45) is 0 Å². The monoisotopic (exact) mass is 1300 g/mol. The van der Waals surface area contributed by atoms with Crippen LogP contribution in [-0.4, -0.2) is 203 Å². The Morgan fingerprint density at radius 3 is 1.26 bits per heavy atom. The maximum atomic E-state index is 14.0. The number of ether oxygens (including phenoxy) is 4. The van der Waals surface area contributed by atoms with Gasteiger partial charge in [-0.15, -0.1) is 9.42 Å². The van der Waals surface area contributed by atoms with Crippen LogP contribution in [0.4, 0.5) is 23.5 Å². The third kappa shape index (κ3) is 13.0. The number of hydrogen-bond donors (Lipinski definition) is 15. The Morgan fingerprint density at radius 2 is 0.872 bits per heavy atom. The Hall–Kier alpha value is -6.35. The van der Waals surface area contributed by atoms with Gasteiger partial charge >= 0.3 is 43.1 Å². The van der Waals surface area contributed by atoms with Gasteiger partial charge in [-0.3, -0.25) is 65.0 Å². The molecule has 19 N–H and O–H groups in total. The van der Waals surface area contributed by atoms with Crippen molar-refractivity contribution in [1.29, 1.82) is 0 Å². The van der Waals surface area contributed by atoms with Crippen LogP contribution in [0.5, 0.6) is 0 Å². The molecule has 0 spiro atoms. The molecule has 10 heterocycles. The molecule has 10 rings (SSSR count). The van der Waals surface area contributed by atoms with Gasteiger partial charge in [0.25, 0.3) is 11.1 Å². The molecule has 0 aliphatic carbocycles. The van der Waals surface area contributed by atoms with Crippen molar-refractivity contribution >= 4 is 77.6 Å². The fourth-order valence-corrected chi connectivity index (χ4v) is 12.6. The van der Waals surface area contributed by atoms with E-state index in [0.717, 1.165) is 46.3 Å². The van der Waals surface area contributed by atoms with Gasteiger partial charge < -0.3 is 82.1 Å². The molecular weight excluding hydrogens is 1250 g/mol. The van der Waals surface area contributed by atoms with Gasteiger partial charge in [-0.1, -0.05) is 0 Å². The number of aromatic nitrogens is 12. The second-order valence-electron chi connectivity index (χ2n) is 18.9. The molecule has 86 heavy (non-hydrogen) atoms. The summed E-state index contributed by atoms with van der Waals surface area (Å²) in [6.45, 7) is -4.56. The van der Waals surface area contributed by atoms with Gasteiger partial charge in [-0.2, -0.15) is 19.9 Å². The second-order valence-corrected chi connectivity index (χ2v) is 23.8. The summed E-state index contributed by atoms with van der Waals surface area (Å²) >= 11 is 0. The zero-order chi connectivity index (χ0) is 62.1. The van der Waals surface area contributed by atoms with E-state index in [1.807, 2.05) is 0 Å². The number of nitrogen functional groups attached to an aromatic ring is 4. The average molecular weight is 1300 g/mol. The normalized spacial score (nSPS) is 31.8. The molecule has 4 unspecified atom stereocenters. The minimum atomic E-state index is -5.79. The minimum absolute atomic E-state index is 0.185. The van der Waals surface area contributed by atoms with Gasteiger partial charge in [0.1, 0.15) is 91.5 Å². The van der Waals surface area contributed by atoms with Gasteiger partial charge in [0.15, 0.2) is 47.2 Å². The highest BCUT2D eigenvalue weighted by atomic mass is 31.2. The van der Waals surface area contributed by atoms with E-state index in [1.165, 1.54) is 0 Å². The number of nitrogens with one attached hydrogen (secondary N) is 2. The van der Waals surface area contributed by atoms with Gasteiger partial charge in [-0.05, 0) is 12.1 Å². The number of nitrogens with two attached hydrogens (primary N) is 4. The molecule has 6 aromatic rings. The number of aliphatic hydroxyl groups excluding tert-OH is 5. The molecular formula is C38H49N16O28P4+. The van der Waals surface area contributed by atoms with Crippen molar-refractivity contribution < 1.29 is 114 Å². The van der Waals surface area contributed by atoms with E-state index in [-0.39, 0.29) is 39.9 Å². The highest BCUT2D eigenvalue weighted by Gasteiger charge is 2.55. The molecule has 4 saturated heterocycles. The number of H-pyrrole nitrogens is 2. The lowest BCUT2D eigenvalue weighted by Crippen LogP contribution is -2.39. The van der Waals surface area contributed by atoms with E-state index in [4.69, 9.17) is 73.5 Å². The number of phosphoric acid groups is 3. The quantitative estimate of drug-likeness (QED) is 0.0281. The van der Waals surface area contributed by atoms with Crippen LogP contribution >= 0.6 is 31.7 Å². The van der Waals surface area contributed by atoms with Crippen LogP contribution in [0.15, 0.2) is 56.4 Å². The Kier molecular flexibility index (Phi) is 17.7. The summed E-state index contributed by atoms with van der Waals surface area (Å²) in [5, 5.41) is 56.3. The Balaban J connectivity index is 0.851. The zero-order valence-electron chi connectivity index (χ0n) is 42.9. The third-order valence-electron chi connectivity index (χ3n) is 13.3.